The number of nitrogens with one attached hydrogen (secondary N) is 2. The number of benzene rings is 3. The second-order valence-electron chi connectivity index (χ2n) is 9.12. The molecule has 3 aromatic carbocycles. The molecule has 0 saturated heterocycles. The number of carbonyl (C=O) groups is 2. The molecule has 40 heavy (non-hydrogen) atoms. The number of fused-ring (bicyclic) bond motifs is 1. The first kappa shape index (κ1) is 28.6. The number of anilines is 1. The van der Waals surface area contributed by atoms with Crippen LogP contribution in [0.1, 0.15) is 29.2 Å². The highest BCUT2D eigenvalue weighted by molar-refractivity contribution is 5.98. The minimum absolute atomic E-state index is 0.0128. The molecule has 0 saturated carbocycles. The predicted octanol–water partition coefficient (Wildman–Crippen LogP) is 5.43. The number of ether oxygens (including phenoxy) is 1. The summed E-state index contributed by atoms with van der Waals surface area (Å²) >= 11 is 0. The molecule has 1 unspecified atom stereocenters. The third-order valence-electron chi connectivity index (χ3n) is 6.50. The summed E-state index contributed by atoms with van der Waals surface area (Å²) in [4.78, 5) is 31.4. The van der Waals surface area contributed by atoms with E-state index in [4.69, 9.17) is 10.5 Å². The highest BCUT2D eigenvalue weighted by atomic mass is 19.4. The van der Waals surface area contributed by atoms with Gasteiger partial charge in [0.05, 0.1) is 12.7 Å². The quantitative estimate of drug-likeness (QED) is 0.227. The lowest BCUT2D eigenvalue weighted by atomic mass is 10.0. The number of hydrogen-bond donors (Lipinski definition) is 3. The number of rotatable bonds is 10. The Morgan fingerprint density at radius 3 is 2.38 bits per heavy atom. The van der Waals surface area contributed by atoms with Gasteiger partial charge in [0.1, 0.15) is 17.6 Å². The standard InChI is InChI=1S/C29H28F4N4O3/c1-40-23-10-11-25-24(16-23)19(17-35-25)13-15-37(26(38)12-14-34)27(18-2-4-20(5-3-18)29(31,32)33)28(39)36-22-8-6-21(30)7-9-22/h2-11,16-17,27,35H,12-15,34H2,1H3,(H,36,39). The zero-order valence-corrected chi connectivity index (χ0v) is 21.6. The molecule has 1 aromatic heterocycles. The van der Waals surface area contributed by atoms with Gasteiger partial charge in [-0.25, -0.2) is 4.39 Å². The van der Waals surface area contributed by atoms with Crippen LogP contribution in [0, 0.1) is 5.82 Å². The zero-order valence-electron chi connectivity index (χ0n) is 21.6. The smallest absolute Gasteiger partial charge is 0.416 e. The van der Waals surface area contributed by atoms with E-state index in [1.807, 2.05) is 12.1 Å². The van der Waals surface area contributed by atoms with Crippen molar-refractivity contribution in [3.05, 3.63) is 95.4 Å². The molecule has 11 heteroatoms. The van der Waals surface area contributed by atoms with E-state index in [1.165, 1.54) is 29.2 Å². The molecule has 7 nitrogen and oxygen atoms in total. The van der Waals surface area contributed by atoms with Crippen molar-refractivity contribution in [2.75, 3.05) is 25.5 Å². The number of carbonyl (C=O) groups excluding carboxylic acids is 2. The largest absolute Gasteiger partial charge is 0.497 e. The Morgan fingerprint density at radius 1 is 1.05 bits per heavy atom. The molecule has 4 aromatic rings. The summed E-state index contributed by atoms with van der Waals surface area (Å²) < 4.78 is 58.5. The Hall–Kier alpha value is -4.38. The molecule has 0 spiro atoms. The number of methoxy groups -OCH3 is 1. The van der Waals surface area contributed by atoms with Crippen LogP contribution in [0.5, 0.6) is 5.75 Å². The SMILES string of the molecule is COc1ccc2[nH]cc(CCN(C(=O)CCN)C(C(=O)Nc3ccc(F)cc3)c3ccc(C(F)(F)F)cc3)c2c1. The number of nitrogens with zero attached hydrogens (tertiary/aromatic N) is 1. The van der Waals surface area contributed by atoms with Crippen LogP contribution >= 0.6 is 0 Å². The van der Waals surface area contributed by atoms with E-state index >= 15 is 0 Å². The van der Waals surface area contributed by atoms with Crippen LogP contribution < -0.4 is 15.8 Å². The Labute approximate surface area is 227 Å². The maximum atomic E-state index is 13.6. The minimum Gasteiger partial charge on any atom is -0.497 e. The molecule has 210 valence electrons. The van der Waals surface area contributed by atoms with Crippen LogP contribution in [0.4, 0.5) is 23.2 Å². The Kier molecular flexibility index (Phi) is 8.73. The third-order valence-corrected chi connectivity index (χ3v) is 6.50. The lowest BCUT2D eigenvalue weighted by Crippen LogP contribution is -2.43. The average molecular weight is 557 g/mol. The Bertz CT molecular complexity index is 1470. The molecule has 4 rings (SSSR count). The van der Waals surface area contributed by atoms with Gasteiger partial charge in [0.2, 0.25) is 5.91 Å². The van der Waals surface area contributed by atoms with Crippen molar-refractivity contribution in [2.45, 2.75) is 25.1 Å². The lowest BCUT2D eigenvalue weighted by molar-refractivity contribution is -0.139. The summed E-state index contributed by atoms with van der Waals surface area (Å²) in [5.41, 5.74) is 6.91. The van der Waals surface area contributed by atoms with Gasteiger partial charge in [-0.3, -0.25) is 9.59 Å². The molecular formula is C29H28F4N4O3. The first-order chi connectivity index (χ1) is 19.1. The molecule has 1 heterocycles. The van der Waals surface area contributed by atoms with E-state index in [0.717, 1.165) is 40.7 Å². The highest BCUT2D eigenvalue weighted by Crippen LogP contribution is 2.32. The van der Waals surface area contributed by atoms with Crippen molar-refractivity contribution in [1.82, 2.24) is 9.88 Å². The summed E-state index contributed by atoms with van der Waals surface area (Å²) in [6, 6.07) is 13.3. The maximum Gasteiger partial charge on any atom is 0.416 e. The van der Waals surface area contributed by atoms with Crippen LogP contribution in [0.2, 0.25) is 0 Å². The molecule has 2 amide bonds. The van der Waals surface area contributed by atoms with Crippen LogP contribution in [0.3, 0.4) is 0 Å². The van der Waals surface area contributed by atoms with Crippen molar-refractivity contribution < 1.29 is 31.9 Å². The van der Waals surface area contributed by atoms with Crippen LogP contribution in [-0.4, -0.2) is 41.9 Å². The zero-order chi connectivity index (χ0) is 28.9. The maximum absolute atomic E-state index is 13.6. The summed E-state index contributed by atoms with van der Waals surface area (Å²) in [5, 5.41) is 3.52. The fourth-order valence-electron chi connectivity index (χ4n) is 4.47. The number of aromatic amines is 1. The van der Waals surface area contributed by atoms with E-state index in [0.29, 0.717) is 12.2 Å². The topological polar surface area (TPSA) is 100 Å². The van der Waals surface area contributed by atoms with Gasteiger partial charge < -0.3 is 25.7 Å². The molecule has 0 bridgehead atoms. The van der Waals surface area contributed by atoms with E-state index in [9.17, 15) is 27.2 Å². The number of amides is 2. The Morgan fingerprint density at radius 2 is 1.75 bits per heavy atom. The molecule has 0 fully saturated rings. The Balaban J connectivity index is 1.71. The number of H-pyrrole nitrogens is 1. The molecule has 0 radical (unpaired) electrons. The van der Waals surface area contributed by atoms with Gasteiger partial charge in [0.25, 0.3) is 5.91 Å². The molecule has 1 atom stereocenters. The lowest BCUT2D eigenvalue weighted by Gasteiger charge is -2.31. The summed E-state index contributed by atoms with van der Waals surface area (Å²) in [7, 11) is 1.55. The number of alkyl halides is 3. The van der Waals surface area contributed by atoms with Crippen LogP contribution in [-0.2, 0) is 22.2 Å². The second kappa shape index (κ2) is 12.2. The number of aromatic nitrogens is 1. The van der Waals surface area contributed by atoms with Crippen molar-refractivity contribution in [3.8, 4) is 5.75 Å². The van der Waals surface area contributed by atoms with Crippen molar-refractivity contribution >= 4 is 28.4 Å². The van der Waals surface area contributed by atoms with Gasteiger partial charge in [-0.1, -0.05) is 12.1 Å². The van der Waals surface area contributed by atoms with Gasteiger partial charge in [0.15, 0.2) is 0 Å². The summed E-state index contributed by atoms with van der Waals surface area (Å²) in [6.45, 7) is 0.0739. The van der Waals surface area contributed by atoms with Crippen molar-refractivity contribution in [2.24, 2.45) is 5.73 Å². The predicted molar refractivity (Wildman–Crippen MR) is 143 cm³/mol. The van der Waals surface area contributed by atoms with Crippen LogP contribution in [0.15, 0.2) is 72.9 Å². The monoisotopic (exact) mass is 556 g/mol. The number of hydrogen-bond acceptors (Lipinski definition) is 4. The normalized spacial score (nSPS) is 12.2. The van der Waals surface area contributed by atoms with E-state index < -0.39 is 35.4 Å². The van der Waals surface area contributed by atoms with Gasteiger partial charge in [-0.15, -0.1) is 0 Å². The second-order valence-corrected chi connectivity index (χ2v) is 9.12. The van der Waals surface area contributed by atoms with E-state index in [-0.39, 0.29) is 30.8 Å². The average Bonchev–Trinajstić information content (AvgIpc) is 3.34. The highest BCUT2D eigenvalue weighted by Gasteiger charge is 2.34. The van der Waals surface area contributed by atoms with Gasteiger partial charge in [0, 0.05) is 42.3 Å². The van der Waals surface area contributed by atoms with Gasteiger partial charge in [-0.2, -0.15) is 13.2 Å². The molecule has 0 aliphatic rings. The van der Waals surface area contributed by atoms with Crippen LogP contribution in [0.25, 0.3) is 10.9 Å². The fraction of sp³-hybridized carbons (Fsp3) is 0.241. The molecule has 4 N–H and O–H groups in total. The fourth-order valence-corrected chi connectivity index (χ4v) is 4.47. The number of nitrogens with two attached hydrogens (primary N) is 1. The summed E-state index contributed by atoms with van der Waals surface area (Å²) in [6.07, 6.45) is -2.54. The number of halogens is 4. The molecule has 0 aliphatic heterocycles. The van der Waals surface area contributed by atoms with E-state index in [1.54, 1.807) is 19.4 Å². The van der Waals surface area contributed by atoms with Gasteiger partial charge >= 0.3 is 6.18 Å². The third kappa shape index (κ3) is 6.60. The summed E-state index contributed by atoms with van der Waals surface area (Å²) in [5.74, 6) is -0.977. The van der Waals surface area contributed by atoms with E-state index in [2.05, 4.69) is 10.3 Å². The van der Waals surface area contributed by atoms with Crippen molar-refractivity contribution in [1.29, 1.82) is 0 Å². The molecule has 0 aliphatic carbocycles. The first-order valence-corrected chi connectivity index (χ1v) is 12.5. The first-order valence-electron chi connectivity index (χ1n) is 12.5. The molecular weight excluding hydrogens is 528 g/mol. The van der Waals surface area contributed by atoms with Gasteiger partial charge in [-0.05, 0) is 72.1 Å². The van der Waals surface area contributed by atoms with Crippen molar-refractivity contribution in [3.63, 3.8) is 0 Å². The minimum atomic E-state index is -4.57.